The summed E-state index contributed by atoms with van der Waals surface area (Å²) in [6.45, 7) is 2.02. The maximum atomic E-state index is 12.6. The van der Waals surface area contributed by atoms with Gasteiger partial charge >= 0.3 is 0 Å². The fourth-order valence-corrected chi connectivity index (χ4v) is 3.03. The third-order valence-corrected chi connectivity index (χ3v) is 4.47. The van der Waals surface area contributed by atoms with E-state index < -0.39 is 0 Å². The summed E-state index contributed by atoms with van der Waals surface area (Å²) in [7, 11) is 1.64. The highest BCUT2D eigenvalue weighted by molar-refractivity contribution is 5.93. The molecule has 7 nitrogen and oxygen atoms in total. The largest absolute Gasteiger partial charge is 0.358 e. The number of para-hydroxylation sites is 1. The zero-order chi connectivity index (χ0) is 17.6. The van der Waals surface area contributed by atoms with Gasteiger partial charge in [0.2, 0.25) is 5.91 Å². The minimum atomic E-state index is -0.119. The fourth-order valence-electron chi connectivity index (χ4n) is 3.03. The summed E-state index contributed by atoms with van der Waals surface area (Å²) < 4.78 is 1.79. The molecule has 1 fully saturated rings. The molecular weight excluding hydrogens is 318 g/mol. The molecule has 1 aromatic heterocycles. The molecule has 0 aliphatic carbocycles. The van der Waals surface area contributed by atoms with Crippen LogP contribution in [0.1, 0.15) is 23.3 Å². The Bertz CT molecular complexity index is 720. The number of benzene rings is 1. The highest BCUT2D eigenvalue weighted by Crippen LogP contribution is 2.13. The number of piperidine rings is 1. The summed E-state index contributed by atoms with van der Waals surface area (Å²) in [5, 5.41) is 5.73. The number of nitrogens with zero attached hydrogens (tertiary/aromatic N) is 3. The zero-order valence-corrected chi connectivity index (χ0v) is 14.3. The van der Waals surface area contributed by atoms with E-state index in [1.54, 1.807) is 24.1 Å². The van der Waals surface area contributed by atoms with E-state index in [1.165, 1.54) is 0 Å². The maximum Gasteiger partial charge on any atom is 0.270 e. The molecule has 1 aliphatic rings. The van der Waals surface area contributed by atoms with Crippen molar-refractivity contribution in [2.75, 3.05) is 26.7 Å². The number of carbonyl (C=O) groups excluding carboxylic acids is 2. The number of hydrogen-bond acceptors (Lipinski definition) is 4. The second-order valence-electron chi connectivity index (χ2n) is 6.18. The first-order valence-corrected chi connectivity index (χ1v) is 8.49. The van der Waals surface area contributed by atoms with E-state index in [-0.39, 0.29) is 17.9 Å². The number of carbonyl (C=O) groups is 2. The Morgan fingerprint density at radius 3 is 2.60 bits per heavy atom. The van der Waals surface area contributed by atoms with Gasteiger partial charge in [-0.25, -0.2) is 4.98 Å². The smallest absolute Gasteiger partial charge is 0.270 e. The third kappa shape index (κ3) is 4.24. The van der Waals surface area contributed by atoms with Crippen LogP contribution in [-0.4, -0.2) is 59.0 Å². The zero-order valence-electron chi connectivity index (χ0n) is 14.3. The van der Waals surface area contributed by atoms with Crippen LogP contribution in [0.4, 0.5) is 0 Å². The first kappa shape index (κ1) is 17.2. The van der Waals surface area contributed by atoms with Crippen molar-refractivity contribution in [2.45, 2.75) is 18.9 Å². The summed E-state index contributed by atoms with van der Waals surface area (Å²) in [5.41, 5.74) is 1.43. The molecule has 0 spiro atoms. The minimum Gasteiger partial charge on any atom is -0.358 e. The Morgan fingerprint density at radius 1 is 1.20 bits per heavy atom. The summed E-state index contributed by atoms with van der Waals surface area (Å²) in [6, 6.07) is 9.80. The van der Waals surface area contributed by atoms with E-state index in [2.05, 4.69) is 20.5 Å². The Balaban J connectivity index is 1.58. The summed E-state index contributed by atoms with van der Waals surface area (Å²) in [6.07, 6.45) is 4.91. The molecule has 1 aromatic carbocycles. The van der Waals surface area contributed by atoms with E-state index in [4.69, 9.17) is 0 Å². The van der Waals surface area contributed by atoms with Crippen LogP contribution < -0.4 is 10.6 Å². The average molecular weight is 341 g/mol. The molecule has 132 valence electrons. The molecule has 2 aromatic rings. The molecule has 0 radical (unpaired) electrons. The number of nitrogens with one attached hydrogen (secondary N) is 2. The lowest BCUT2D eigenvalue weighted by Gasteiger charge is -2.31. The van der Waals surface area contributed by atoms with Gasteiger partial charge in [-0.1, -0.05) is 18.2 Å². The number of aromatic nitrogens is 2. The first-order chi connectivity index (χ1) is 12.2. The standard InChI is InChI=1S/C18H23N5O2/c1-19-17(24)12-22-9-7-14(8-10-22)21-18(25)16-11-20-13-23(16)15-5-3-2-4-6-15/h2-6,11,13-14H,7-10,12H2,1H3,(H,19,24)(H,21,25). The highest BCUT2D eigenvalue weighted by atomic mass is 16.2. The number of imidazole rings is 1. The number of likely N-dealkylation sites (tertiary alicyclic amines) is 1. The van der Waals surface area contributed by atoms with Gasteiger partial charge in [-0.2, -0.15) is 0 Å². The molecule has 3 rings (SSSR count). The van der Waals surface area contributed by atoms with Gasteiger partial charge in [-0.3, -0.25) is 19.1 Å². The van der Waals surface area contributed by atoms with Gasteiger partial charge in [-0.05, 0) is 25.0 Å². The quantitative estimate of drug-likeness (QED) is 0.844. The van der Waals surface area contributed by atoms with E-state index in [9.17, 15) is 9.59 Å². The van der Waals surface area contributed by atoms with Crippen LogP contribution in [0.25, 0.3) is 5.69 Å². The van der Waals surface area contributed by atoms with Crippen LogP contribution >= 0.6 is 0 Å². The number of amides is 2. The predicted octanol–water partition coefficient (Wildman–Crippen LogP) is 0.813. The molecule has 0 saturated carbocycles. The molecule has 25 heavy (non-hydrogen) atoms. The summed E-state index contributed by atoms with van der Waals surface area (Å²) in [5.74, 6) is -0.0969. The molecule has 0 unspecified atom stereocenters. The molecule has 2 N–H and O–H groups in total. The van der Waals surface area contributed by atoms with Crippen molar-refractivity contribution in [1.82, 2.24) is 25.1 Å². The van der Waals surface area contributed by atoms with Crippen LogP contribution in [0.5, 0.6) is 0 Å². The van der Waals surface area contributed by atoms with Crippen molar-refractivity contribution >= 4 is 11.8 Å². The number of hydrogen-bond donors (Lipinski definition) is 2. The average Bonchev–Trinajstić information content (AvgIpc) is 3.14. The summed E-state index contributed by atoms with van der Waals surface area (Å²) in [4.78, 5) is 30.3. The van der Waals surface area contributed by atoms with Crippen molar-refractivity contribution < 1.29 is 9.59 Å². The molecule has 0 atom stereocenters. The molecule has 7 heteroatoms. The van der Waals surface area contributed by atoms with E-state index >= 15 is 0 Å². The lowest BCUT2D eigenvalue weighted by atomic mass is 10.0. The molecule has 0 bridgehead atoms. The van der Waals surface area contributed by atoms with Gasteiger partial charge in [0.15, 0.2) is 0 Å². The molecule has 2 heterocycles. The monoisotopic (exact) mass is 341 g/mol. The van der Waals surface area contributed by atoms with Gasteiger partial charge in [0, 0.05) is 31.9 Å². The van der Waals surface area contributed by atoms with Crippen molar-refractivity contribution in [2.24, 2.45) is 0 Å². The Morgan fingerprint density at radius 2 is 1.92 bits per heavy atom. The first-order valence-electron chi connectivity index (χ1n) is 8.49. The van der Waals surface area contributed by atoms with Crippen LogP contribution in [0, 0.1) is 0 Å². The summed E-state index contributed by atoms with van der Waals surface area (Å²) >= 11 is 0. The van der Waals surface area contributed by atoms with E-state index in [0.717, 1.165) is 31.6 Å². The number of rotatable bonds is 5. The highest BCUT2D eigenvalue weighted by Gasteiger charge is 2.23. The van der Waals surface area contributed by atoms with Crippen LogP contribution in [-0.2, 0) is 4.79 Å². The lowest BCUT2D eigenvalue weighted by molar-refractivity contribution is -0.122. The number of likely N-dealkylation sites (N-methyl/N-ethyl adjacent to an activating group) is 1. The van der Waals surface area contributed by atoms with Gasteiger partial charge in [0.25, 0.3) is 5.91 Å². The maximum absolute atomic E-state index is 12.6. The second kappa shape index (κ2) is 7.94. The van der Waals surface area contributed by atoms with Crippen molar-refractivity contribution in [3.8, 4) is 5.69 Å². The van der Waals surface area contributed by atoms with Crippen molar-refractivity contribution in [1.29, 1.82) is 0 Å². The van der Waals surface area contributed by atoms with Gasteiger partial charge < -0.3 is 10.6 Å². The van der Waals surface area contributed by atoms with Gasteiger partial charge in [0.1, 0.15) is 5.69 Å². The third-order valence-electron chi connectivity index (χ3n) is 4.47. The molecule has 1 saturated heterocycles. The SMILES string of the molecule is CNC(=O)CN1CCC(NC(=O)c2cncn2-c2ccccc2)CC1. The normalized spacial score (nSPS) is 15.7. The topological polar surface area (TPSA) is 79.3 Å². The van der Waals surface area contributed by atoms with Gasteiger partial charge in [-0.15, -0.1) is 0 Å². The second-order valence-corrected chi connectivity index (χ2v) is 6.18. The minimum absolute atomic E-state index is 0.0225. The Hall–Kier alpha value is -2.67. The fraction of sp³-hybridized carbons (Fsp3) is 0.389. The van der Waals surface area contributed by atoms with Crippen LogP contribution in [0.2, 0.25) is 0 Å². The Kier molecular flexibility index (Phi) is 5.45. The Labute approximate surface area is 147 Å². The van der Waals surface area contributed by atoms with Crippen molar-refractivity contribution in [3.05, 3.63) is 48.5 Å². The van der Waals surface area contributed by atoms with E-state index in [0.29, 0.717) is 12.2 Å². The van der Waals surface area contributed by atoms with Gasteiger partial charge in [0.05, 0.1) is 19.1 Å². The predicted molar refractivity (Wildman–Crippen MR) is 94.6 cm³/mol. The molecule has 2 amide bonds. The lowest BCUT2D eigenvalue weighted by Crippen LogP contribution is -2.47. The van der Waals surface area contributed by atoms with Crippen LogP contribution in [0.15, 0.2) is 42.9 Å². The molecule has 1 aliphatic heterocycles. The molecular formula is C18H23N5O2. The van der Waals surface area contributed by atoms with Crippen LogP contribution in [0.3, 0.4) is 0 Å². The van der Waals surface area contributed by atoms with E-state index in [1.807, 2.05) is 30.3 Å². The van der Waals surface area contributed by atoms with Crippen molar-refractivity contribution in [3.63, 3.8) is 0 Å².